The number of likely N-dealkylation sites (tertiary alicyclic amines) is 1. The molecule has 2 fully saturated rings. The maximum absolute atomic E-state index is 13.7. The summed E-state index contributed by atoms with van der Waals surface area (Å²) < 4.78 is 68.7. The van der Waals surface area contributed by atoms with Crippen LogP contribution in [0.1, 0.15) is 42.3 Å². The van der Waals surface area contributed by atoms with E-state index >= 15 is 0 Å². The number of benzene rings is 1. The highest BCUT2D eigenvalue weighted by atomic mass is 19.4. The summed E-state index contributed by atoms with van der Waals surface area (Å²) in [7, 11) is 0. The molecule has 1 aromatic heterocycles. The molecular weight excluding hydrogens is 477 g/mol. The van der Waals surface area contributed by atoms with Crippen LogP contribution in [0.15, 0.2) is 23.0 Å². The smallest absolute Gasteiger partial charge is 0.338 e. The van der Waals surface area contributed by atoms with Crippen molar-refractivity contribution in [3.05, 3.63) is 51.5 Å². The van der Waals surface area contributed by atoms with Gasteiger partial charge in [0.1, 0.15) is 18.0 Å². The van der Waals surface area contributed by atoms with Crippen molar-refractivity contribution in [1.82, 2.24) is 24.1 Å². The summed E-state index contributed by atoms with van der Waals surface area (Å²) in [6.45, 7) is -0.434. The first-order valence-corrected chi connectivity index (χ1v) is 11.3. The summed E-state index contributed by atoms with van der Waals surface area (Å²) >= 11 is 0. The second kappa shape index (κ2) is 8.45. The summed E-state index contributed by atoms with van der Waals surface area (Å²) in [5.41, 5.74) is -2.22. The van der Waals surface area contributed by atoms with Crippen LogP contribution in [0, 0.1) is 11.7 Å². The minimum absolute atomic E-state index is 0.00937. The third kappa shape index (κ3) is 4.43. The van der Waals surface area contributed by atoms with Crippen LogP contribution in [0.5, 0.6) is 0 Å². The first kappa shape index (κ1) is 23.5. The summed E-state index contributed by atoms with van der Waals surface area (Å²) in [4.78, 5) is 41.9. The van der Waals surface area contributed by atoms with Crippen LogP contribution in [0.25, 0.3) is 0 Å². The molecule has 0 N–H and O–H groups in total. The topological polar surface area (TPSA) is 80.4 Å². The van der Waals surface area contributed by atoms with Crippen molar-refractivity contribution in [2.45, 2.75) is 50.7 Å². The lowest BCUT2D eigenvalue weighted by Gasteiger charge is -2.34. The van der Waals surface area contributed by atoms with Crippen LogP contribution >= 0.6 is 0 Å². The van der Waals surface area contributed by atoms with Gasteiger partial charge >= 0.3 is 11.9 Å². The van der Waals surface area contributed by atoms with Crippen molar-refractivity contribution >= 4 is 11.8 Å². The van der Waals surface area contributed by atoms with Gasteiger partial charge in [0.15, 0.2) is 5.82 Å². The summed E-state index contributed by atoms with van der Waals surface area (Å²) in [5.74, 6) is -2.14. The maximum atomic E-state index is 13.7. The fourth-order valence-corrected chi connectivity index (χ4v) is 4.65. The first-order valence-electron chi connectivity index (χ1n) is 11.3. The first-order chi connectivity index (χ1) is 16.5. The van der Waals surface area contributed by atoms with Gasteiger partial charge in [-0.15, -0.1) is 0 Å². The van der Waals surface area contributed by atoms with E-state index in [0.717, 1.165) is 28.2 Å². The molecule has 1 aromatic carbocycles. The van der Waals surface area contributed by atoms with E-state index in [1.54, 1.807) is 0 Å². The number of amides is 2. The molecule has 0 spiro atoms. The van der Waals surface area contributed by atoms with Gasteiger partial charge in [-0.1, -0.05) is 6.07 Å². The van der Waals surface area contributed by atoms with Crippen LogP contribution in [-0.2, 0) is 28.9 Å². The lowest BCUT2D eigenvalue weighted by atomic mass is 10.1. The molecule has 0 radical (unpaired) electrons. The molecule has 13 heteroatoms. The number of halogens is 5. The molecule has 2 aromatic rings. The minimum atomic E-state index is -4.91. The fraction of sp³-hybridized carbons (Fsp3) is 0.545. The Labute approximate surface area is 195 Å². The normalized spacial score (nSPS) is 22.4. The number of aromatic nitrogens is 3. The Morgan fingerprint density at radius 2 is 1.80 bits per heavy atom. The molecule has 0 bridgehead atoms. The van der Waals surface area contributed by atoms with Crippen molar-refractivity contribution in [3.8, 4) is 0 Å². The van der Waals surface area contributed by atoms with Crippen LogP contribution in [0.3, 0.4) is 0 Å². The van der Waals surface area contributed by atoms with Crippen LogP contribution in [-0.4, -0.2) is 61.8 Å². The fourth-order valence-electron chi connectivity index (χ4n) is 4.65. The zero-order valence-corrected chi connectivity index (χ0v) is 18.5. The Hall–Kier alpha value is -3.25. The highest BCUT2D eigenvalue weighted by Crippen LogP contribution is 2.34. The van der Waals surface area contributed by atoms with E-state index in [1.807, 2.05) is 0 Å². The Morgan fingerprint density at radius 3 is 2.43 bits per heavy atom. The Morgan fingerprint density at radius 1 is 1.06 bits per heavy atom. The molecule has 8 nitrogen and oxygen atoms in total. The van der Waals surface area contributed by atoms with Crippen LogP contribution in [0.2, 0.25) is 0 Å². The van der Waals surface area contributed by atoms with E-state index in [1.165, 1.54) is 9.80 Å². The number of rotatable bonds is 4. The number of carbonyl (C=O) groups excluding carboxylic acids is 2. The molecule has 1 saturated heterocycles. The number of carbonyl (C=O) groups is 2. The Bertz CT molecular complexity index is 1240. The number of alkyl halides is 4. The van der Waals surface area contributed by atoms with E-state index < -0.39 is 47.9 Å². The zero-order valence-electron chi connectivity index (χ0n) is 18.5. The van der Waals surface area contributed by atoms with Crippen LogP contribution < -0.4 is 5.69 Å². The lowest BCUT2D eigenvalue weighted by molar-refractivity contribution is -0.141. The molecule has 1 saturated carbocycles. The number of hydrogen-bond acceptors (Lipinski definition) is 4. The predicted molar refractivity (Wildman–Crippen MR) is 110 cm³/mol. The number of nitrogens with zero attached hydrogens (tertiary/aromatic N) is 5. The number of fused-ring (bicyclic) bond motifs is 1. The summed E-state index contributed by atoms with van der Waals surface area (Å²) in [6.07, 6.45) is -4.44. The quantitative estimate of drug-likeness (QED) is 0.604. The van der Waals surface area contributed by atoms with Crippen molar-refractivity contribution < 1.29 is 31.5 Å². The van der Waals surface area contributed by atoms with E-state index in [2.05, 4.69) is 5.10 Å². The molecule has 188 valence electrons. The van der Waals surface area contributed by atoms with Gasteiger partial charge in [-0.3, -0.25) is 14.2 Å². The van der Waals surface area contributed by atoms with Gasteiger partial charge in [-0.05, 0) is 37.0 Å². The molecule has 2 atom stereocenters. The third-order valence-corrected chi connectivity index (χ3v) is 6.61. The average Bonchev–Trinajstić information content (AvgIpc) is 3.49. The van der Waals surface area contributed by atoms with Crippen LogP contribution in [0.4, 0.5) is 22.0 Å². The summed E-state index contributed by atoms with van der Waals surface area (Å²) in [6, 6.07) is 1.28. The summed E-state index contributed by atoms with van der Waals surface area (Å²) in [5, 5.41) is 4.20. The molecule has 3 heterocycles. The highest BCUT2D eigenvalue weighted by Gasteiger charge is 2.43. The molecule has 35 heavy (non-hydrogen) atoms. The maximum Gasteiger partial charge on any atom is 0.419 e. The molecule has 2 amide bonds. The van der Waals surface area contributed by atoms with Gasteiger partial charge in [0.05, 0.1) is 31.7 Å². The SMILES string of the molecule is O=C(C1CC1)N1Cc2nn(Cc3ccc(F)c(C(F)(F)F)c3)c(=O)n2[C@H](C(=O)N2CC[C@H](F)C2)C1. The van der Waals surface area contributed by atoms with Crippen molar-refractivity contribution in [1.29, 1.82) is 0 Å². The Kier molecular flexibility index (Phi) is 5.67. The third-order valence-electron chi connectivity index (χ3n) is 6.61. The van der Waals surface area contributed by atoms with Gasteiger partial charge < -0.3 is 9.80 Å². The molecule has 5 rings (SSSR count). The van der Waals surface area contributed by atoms with Gasteiger partial charge in [-0.25, -0.2) is 18.3 Å². The van der Waals surface area contributed by atoms with Gasteiger partial charge in [-0.2, -0.15) is 18.3 Å². The zero-order chi connectivity index (χ0) is 25.1. The van der Waals surface area contributed by atoms with E-state index in [0.29, 0.717) is 12.1 Å². The minimum Gasteiger partial charge on any atom is -0.338 e. The van der Waals surface area contributed by atoms with Crippen molar-refractivity contribution in [2.24, 2.45) is 5.92 Å². The molecular formula is C22H22F5N5O3. The van der Waals surface area contributed by atoms with E-state index in [-0.39, 0.29) is 55.8 Å². The molecule has 2 aliphatic heterocycles. The average molecular weight is 499 g/mol. The van der Waals surface area contributed by atoms with Crippen molar-refractivity contribution in [2.75, 3.05) is 19.6 Å². The molecule has 3 aliphatic rings. The standard InChI is InChI=1S/C22H22F5N5O3/c23-14-5-6-29(9-14)20(34)17-10-30(19(33)13-2-3-13)11-18-28-31(21(35)32(17)18)8-12-1-4-16(24)15(7-12)22(25,26)27/h1,4,7,13-14,17H,2-3,5-6,8-11H2/t14-,17-/m0/s1. The monoisotopic (exact) mass is 499 g/mol. The number of hydrogen-bond donors (Lipinski definition) is 0. The highest BCUT2D eigenvalue weighted by molar-refractivity contribution is 5.84. The second-order valence-electron chi connectivity index (χ2n) is 9.22. The largest absolute Gasteiger partial charge is 0.419 e. The Balaban J connectivity index is 1.49. The van der Waals surface area contributed by atoms with E-state index in [9.17, 15) is 36.3 Å². The van der Waals surface area contributed by atoms with Gasteiger partial charge in [0.25, 0.3) is 0 Å². The predicted octanol–water partition coefficient (Wildman–Crippen LogP) is 2.11. The molecule has 1 aliphatic carbocycles. The lowest BCUT2D eigenvalue weighted by Crippen LogP contribution is -2.50. The second-order valence-corrected chi connectivity index (χ2v) is 9.22. The van der Waals surface area contributed by atoms with Gasteiger partial charge in [0.2, 0.25) is 11.8 Å². The molecule has 0 unspecified atom stereocenters. The van der Waals surface area contributed by atoms with Crippen molar-refractivity contribution in [3.63, 3.8) is 0 Å². The van der Waals surface area contributed by atoms with E-state index in [4.69, 9.17) is 0 Å². The van der Waals surface area contributed by atoms with Gasteiger partial charge in [0, 0.05) is 12.5 Å².